The van der Waals surface area contributed by atoms with Crippen LogP contribution in [-0.4, -0.2) is 17.6 Å². The zero-order chi connectivity index (χ0) is 78.9. The molecule has 0 spiro atoms. The summed E-state index contributed by atoms with van der Waals surface area (Å²) in [6.07, 6.45) is 0.677. The van der Waals surface area contributed by atoms with Crippen molar-refractivity contribution in [3.8, 4) is 0 Å². The molecule has 120 heavy (non-hydrogen) atoms. The molecule has 0 N–H and O–H groups in total. The fraction of sp³-hybridized carbons (Fsp3) is 0.0357. The van der Waals surface area contributed by atoms with Gasteiger partial charge in [-0.1, -0.05) is 224 Å². The molecular weight excluding hydrogens is 1460 g/mol. The number of hydrogen-bond donors (Lipinski definition) is 0. The van der Waals surface area contributed by atoms with Crippen LogP contribution in [0.25, 0.3) is 152 Å². The number of para-hydroxylation sites is 10. The Labute approximate surface area is 690 Å². The molecule has 0 aliphatic rings. The molecule has 8 aromatic heterocycles. The second-order valence-corrected chi connectivity index (χ2v) is 32.9. The van der Waals surface area contributed by atoms with Crippen LogP contribution in [0.15, 0.2) is 382 Å². The number of nitrogens with zero attached hydrogens (tertiary/aromatic N) is 8. The lowest BCUT2D eigenvalue weighted by Gasteiger charge is -2.29. The third-order valence-electron chi connectivity index (χ3n) is 26.2. The van der Waals surface area contributed by atoms with E-state index >= 15 is 0 Å². The number of fused-ring (bicyclic) bond motifs is 24. The lowest BCUT2D eigenvalue weighted by Crippen LogP contribution is -2.13. The first-order chi connectivity index (χ1) is 59.3. The summed E-state index contributed by atoms with van der Waals surface area (Å²) in [6.45, 7) is 6.67. The zero-order valence-corrected chi connectivity index (χ0v) is 66.2. The first-order valence-corrected chi connectivity index (χ1v) is 41.7. The highest BCUT2D eigenvalue weighted by Crippen LogP contribution is 2.56. The first-order valence-electron chi connectivity index (χ1n) is 41.7. The fourth-order valence-corrected chi connectivity index (χ4v) is 21.4. The normalized spacial score (nSPS) is 12.3. The maximum atomic E-state index is 2.57. The first kappa shape index (κ1) is 66.6. The highest BCUT2D eigenvalue weighted by molar-refractivity contribution is 6.35. The fourth-order valence-electron chi connectivity index (χ4n) is 21.4. The van der Waals surface area contributed by atoms with E-state index < -0.39 is 0 Å². The van der Waals surface area contributed by atoms with E-state index in [2.05, 4.69) is 440 Å². The van der Waals surface area contributed by atoms with Crippen molar-refractivity contribution in [3.05, 3.63) is 410 Å². The molecule has 0 unspecified atom stereocenters. The van der Waals surface area contributed by atoms with Crippen LogP contribution in [0, 0.1) is 20.8 Å². The van der Waals surface area contributed by atoms with E-state index in [1.54, 1.807) is 0 Å². The highest BCUT2D eigenvalue weighted by Gasteiger charge is 2.33. The van der Waals surface area contributed by atoms with E-state index in [9.17, 15) is 0 Å². The third kappa shape index (κ3) is 9.30. The minimum Gasteiger partial charge on any atom is -0.310 e. The second kappa shape index (κ2) is 25.2. The summed E-state index contributed by atoms with van der Waals surface area (Å²) in [5.41, 5.74) is 34.1. The third-order valence-corrected chi connectivity index (χ3v) is 26.2. The topological polar surface area (TPSA) is 30.6 Å². The molecule has 562 valence electrons. The molecule has 0 saturated heterocycles. The van der Waals surface area contributed by atoms with Crippen LogP contribution in [0.1, 0.15) is 27.8 Å². The molecule has 26 rings (SSSR count). The van der Waals surface area contributed by atoms with Crippen molar-refractivity contribution in [1.82, 2.24) is 17.6 Å². The van der Waals surface area contributed by atoms with Gasteiger partial charge in [-0.05, 0) is 213 Å². The molecule has 8 nitrogen and oxygen atoms in total. The largest absolute Gasteiger partial charge is 0.310 e. The van der Waals surface area contributed by atoms with Crippen molar-refractivity contribution in [1.29, 1.82) is 0 Å². The van der Waals surface area contributed by atoms with Crippen molar-refractivity contribution < 1.29 is 0 Å². The number of rotatable bonds is 14. The van der Waals surface area contributed by atoms with Crippen molar-refractivity contribution in [2.75, 3.05) is 19.6 Å². The van der Waals surface area contributed by atoms with Gasteiger partial charge in [0.05, 0.1) is 88.9 Å². The van der Waals surface area contributed by atoms with E-state index in [1.807, 2.05) is 0 Å². The standard InChI is InChI=1S/C112H74N8/c1-68-29-28-40-77(60-68)113(73-32-8-4-9-33-73)97-55-51-79-87-64-102-88(65-101(87)117-93-47-24-18-41-83(93)105(97)109(79)117)80-52-56-98(106-84-42-19-25-48-94(84)118(102)110(80)106)114(74-34-10-5-11-35-74)78-61-69(2)59-71(63-78)62-72-31-17-23-46-92(72)116(76-38-14-7-15-39-76)100-58-54-82-90-67-103-89(66-104(90)120-96-50-27-21-44-86(96)108(100)112(82)120)81-53-57-99(107-85-43-20-26-49-95(85)119(103)111(81)107)115(75-36-12-6-13-37-75)91-45-22-16-30-70(91)3/h4-61,63-67H,62H2,1-3H3. The Morgan fingerprint density at radius 3 is 0.908 bits per heavy atom. The van der Waals surface area contributed by atoms with E-state index in [4.69, 9.17) is 0 Å². The molecule has 0 amide bonds. The van der Waals surface area contributed by atoms with Gasteiger partial charge in [-0.25, -0.2) is 0 Å². The summed E-state index contributed by atoms with van der Waals surface area (Å²) < 4.78 is 10.3. The van der Waals surface area contributed by atoms with Crippen LogP contribution in [0.3, 0.4) is 0 Å². The molecule has 0 atom stereocenters. The van der Waals surface area contributed by atoms with Gasteiger partial charge in [0.15, 0.2) is 0 Å². The molecule has 0 aliphatic heterocycles. The molecular formula is C112H74N8. The minimum absolute atomic E-state index is 0.677. The monoisotopic (exact) mass is 1530 g/mol. The molecule has 0 saturated carbocycles. The SMILES string of the molecule is Cc1cccc(N(c2ccccc2)c2ccc3c4cc5c(cc4n4c6ccccc6c2c34)c2ccc(N(c3ccccc3)c3cc(C)cc(Cc4ccccc4N(c4ccccc4)c4ccc6c7cc8c(cc7n7c9ccccc9c4c67)c4ccc(N(c6ccccc6)c6ccccc6C)c6c7ccccc7n8c46)c3)c3c4ccccc4n5c23)c1. The molecule has 0 aliphatic carbocycles. The Kier molecular flexibility index (Phi) is 14.0. The predicted octanol–water partition coefficient (Wildman–Crippen LogP) is 30.7. The minimum atomic E-state index is 0.677. The predicted molar refractivity (Wildman–Crippen MR) is 507 cm³/mol. The van der Waals surface area contributed by atoms with E-state index in [-0.39, 0.29) is 0 Å². The molecule has 18 aromatic carbocycles. The number of hydrogen-bond acceptors (Lipinski definition) is 4. The van der Waals surface area contributed by atoms with Crippen LogP contribution in [-0.2, 0) is 6.42 Å². The lowest BCUT2D eigenvalue weighted by molar-refractivity contribution is 1.14. The van der Waals surface area contributed by atoms with Gasteiger partial charge in [-0.3, -0.25) is 0 Å². The maximum Gasteiger partial charge on any atom is 0.0641 e. The van der Waals surface area contributed by atoms with Gasteiger partial charge < -0.3 is 37.2 Å². The van der Waals surface area contributed by atoms with E-state index in [0.717, 1.165) is 68.2 Å². The zero-order valence-electron chi connectivity index (χ0n) is 66.2. The average Bonchev–Trinajstić information content (AvgIpc) is 1.52. The smallest absolute Gasteiger partial charge is 0.0641 e. The van der Waals surface area contributed by atoms with Gasteiger partial charge in [0.25, 0.3) is 0 Å². The molecule has 0 bridgehead atoms. The lowest BCUT2D eigenvalue weighted by atomic mass is 9.98. The number of anilines is 12. The van der Waals surface area contributed by atoms with Crippen LogP contribution >= 0.6 is 0 Å². The van der Waals surface area contributed by atoms with Gasteiger partial charge in [-0.2, -0.15) is 0 Å². The quantitative estimate of drug-likeness (QED) is 0.109. The molecule has 0 fully saturated rings. The Morgan fingerprint density at radius 2 is 0.508 bits per heavy atom. The maximum absolute atomic E-state index is 2.57. The van der Waals surface area contributed by atoms with Gasteiger partial charge in [0, 0.05) is 132 Å². The van der Waals surface area contributed by atoms with E-state index in [1.165, 1.54) is 180 Å². The summed E-state index contributed by atoms with van der Waals surface area (Å²) in [4.78, 5) is 9.97. The Hall–Kier alpha value is -15.6. The van der Waals surface area contributed by atoms with Crippen LogP contribution in [0.4, 0.5) is 68.2 Å². The van der Waals surface area contributed by atoms with Gasteiger partial charge >= 0.3 is 0 Å². The van der Waals surface area contributed by atoms with Crippen molar-refractivity contribution in [3.63, 3.8) is 0 Å². The molecule has 8 heteroatoms. The Balaban J connectivity index is 0.620. The summed E-state index contributed by atoms with van der Waals surface area (Å²) in [7, 11) is 0. The second-order valence-electron chi connectivity index (χ2n) is 32.9. The Morgan fingerprint density at radius 1 is 0.192 bits per heavy atom. The van der Waals surface area contributed by atoms with E-state index in [0.29, 0.717) is 6.42 Å². The van der Waals surface area contributed by atoms with Crippen molar-refractivity contribution in [2.45, 2.75) is 27.2 Å². The molecule has 8 heterocycles. The average molecular weight is 1530 g/mol. The Bertz CT molecular complexity index is 8690. The molecule has 0 radical (unpaired) electrons. The van der Waals surface area contributed by atoms with Crippen molar-refractivity contribution in [2.24, 2.45) is 0 Å². The van der Waals surface area contributed by atoms with Crippen molar-refractivity contribution >= 4 is 221 Å². The van der Waals surface area contributed by atoms with Gasteiger partial charge in [0.2, 0.25) is 0 Å². The van der Waals surface area contributed by atoms with Crippen LogP contribution < -0.4 is 19.6 Å². The van der Waals surface area contributed by atoms with Gasteiger partial charge in [0.1, 0.15) is 0 Å². The summed E-state index contributed by atoms with van der Waals surface area (Å²) in [6, 6.07) is 143. The highest BCUT2D eigenvalue weighted by atomic mass is 15.2. The summed E-state index contributed by atoms with van der Waals surface area (Å²) in [5, 5.41) is 19.7. The number of aryl methyl sites for hydroxylation is 3. The van der Waals surface area contributed by atoms with Crippen LogP contribution in [0.5, 0.6) is 0 Å². The summed E-state index contributed by atoms with van der Waals surface area (Å²) >= 11 is 0. The van der Waals surface area contributed by atoms with Crippen LogP contribution in [0.2, 0.25) is 0 Å². The van der Waals surface area contributed by atoms with Gasteiger partial charge in [-0.15, -0.1) is 0 Å². The molecule has 26 aromatic rings. The summed E-state index contributed by atoms with van der Waals surface area (Å²) in [5.74, 6) is 0. The number of benzene rings is 18. The number of aromatic nitrogens is 4.